The predicted octanol–water partition coefficient (Wildman–Crippen LogP) is 2.79. The number of carbonyl (C=O) groups excluding carboxylic acids is 7. The number of thiocarbonyl (C=S) groups is 1. The molecule has 7 amide bonds. The molecule has 15 N–H and O–H groups in total. The van der Waals surface area contributed by atoms with Gasteiger partial charge in [0.05, 0.1) is 25.7 Å². The van der Waals surface area contributed by atoms with Crippen LogP contribution in [0.1, 0.15) is 112 Å². The zero-order valence-electron chi connectivity index (χ0n) is 58.6. The molecule has 0 spiro atoms. The van der Waals surface area contributed by atoms with Crippen LogP contribution in [0.5, 0.6) is 0 Å². The van der Waals surface area contributed by atoms with Crippen molar-refractivity contribution in [2.24, 2.45) is 0 Å². The van der Waals surface area contributed by atoms with Crippen LogP contribution in [-0.4, -0.2) is 236 Å². The molecule has 570 valence electrons. The van der Waals surface area contributed by atoms with Gasteiger partial charge in [0.15, 0.2) is 5.11 Å². The molecule has 0 radical (unpaired) electrons. The van der Waals surface area contributed by atoms with Gasteiger partial charge in [-0.15, -0.1) is 0 Å². The fourth-order valence-corrected chi connectivity index (χ4v) is 12.0. The Bertz CT molecular complexity index is 3490. The smallest absolute Gasteiger partial charge is 0.326 e. The number of carbonyl (C=O) groups is 13. The predicted molar refractivity (Wildman–Crippen MR) is 390 cm³/mol. The van der Waals surface area contributed by atoms with Gasteiger partial charge < -0.3 is 83.3 Å². The minimum atomic E-state index is -1.31. The van der Waals surface area contributed by atoms with Crippen molar-refractivity contribution in [2.45, 2.75) is 158 Å². The van der Waals surface area contributed by atoms with Crippen molar-refractivity contribution in [3.63, 3.8) is 0 Å². The van der Waals surface area contributed by atoms with Gasteiger partial charge >= 0.3 is 41.8 Å². The van der Waals surface area contributed by atoms with E-state index in [0.29, 0.717) is 75.3 Å². The molecule has 31 nitrogen and oxygen atoms in total. The Hall–Kier alpha value is -10.4. The first-order valence-corrected chi connectivity index (χ1v) is 35.5. The second kappa shape index (κ2) is 47.0. The molecule has 1 heterocycles. The number of amides is 7. The van der Waals surface area contributed by atoms with E-state index in [1.165, 1.54) is 0 Å². The number of hydrogen-bond donors (Lipinski definition) is 15. The maximum Gasteiger partial charge on any atom is 0.326 e. The molecule has 0 aliphatic carbocycles. The van der Waals surface area contributed by atoms with Crippen molar-refractivity contribution in [2.75, 3.05) is 70.8 Å². The molecule has 5 rings (SSSR count). The monoisotopic (exact) mass is 1480 g/mol. The molecule has 7 atom stereocenters. The normalized spacial score (nSPS) is 15.1. The van der Waals surface area contributed by atoms with Crippen LogP contribution in [0, 0.1) is 0 Å². The van der Waals surface area contributed by atoms with Gasteiger partial charge in [-0.2, -0.15) is 0 Å². The maximum atomic E-state index is 14.7. The largest absolute Gasteiger partial charge is 0.481 e. The number of anilines is 1. The number of rotatable bonds is 47. The Morgan fingerprint density at radius 1 is 0.429 bits per heavy atom. The van der Waals surface area contributed by atoms with Crippen molar-refractivity contribution in [1.29, 1.82) is 0 Å². The number of unbranched alkanes of at least 4 members (excludes halogenated alkanes) is 5. The summed E-state index contributed by atoms with van der Waals surface area (Å²) in [6, 6.07) is 25.8. The highest BCUT2D eigenvalue weighted by atomic mass is 32.1. The second-order valence-corrected chi connectivity index (χ2v) is 26.2. The van der Waals surface area contributed by atoms with E-state index in [2.05, 4.69) is 47.9 Å². The highest BCUT2D eigenvalue weighted by Crippen LogP contribution is 2.18. The first-order chi connectivity index (χ1) is 50.3. The van der Waals surface area contributed by atoms with E-state index in [1.807, 2.05) is 54.6 Å². The van der Waals surface area contributed by atoms with Gasteiger partial charge in [-0.25, -0.2) is 14.4 Å². The standard InChI is InChI=1S/C73H98N12O19S/c86-48-54(32-33-63(89)90)76-72(104)81-57(71(102)103)25-14-16-34-74-61(87)26-12-1-2-13-27-62(88)78-56(70(100)101)24-15-17-35-75-67(97)58(41-49-18-6-3-7-19-49)79-68(98)59(42-50-20-8-4-9-21-50)80-69(99)60(43-51-22-10-5-11-23-51)82-73(105)77-53-30-28-52(29-31-53)40-55-44-84(46-65(93)94)37-36-83(45-64(91)92)38-39-85(55)47-66(95)96/h3-11,18-23,28-31,48,54-60H,1-2,12-17,24-27,32-47H2,(H,74,87)(H,75,97)(H,78,88)(H,79,98)(H,80,99)(H,89,90)(H,91,92)(H,93,94)(H,95,96)(H,100,101)(H,102,103)(H2,76,81,104)(H2,77,82,105)/t54-,55?,56?,57-,58?,59?,60?/m0/s1. The van der Waals surface area contributed by atoms with Crippen molar-refractivity contribution in [1.82, 2.24) is 57.2 Å². The van der Waals surface area contributed by atoms with Crippen LogP contribution in [0.4, 0.5) is 10.5 Å². The third-order valence-corrected chi connectivity index (χ3v) is 17.5. The topological polar surface area (TPSA) is 461 Å². The van der Waals surface area contributed by atoms with Gasteiger partial charge in [0.25, 0.3) is 0 Å². The van der Waals surface area contributed by atoms with Crippen molar-refractivity contribution < 1.29 is 93.0 Å². The molecule has 0 bridgehead atoms. The molecule has 4 aromatic rings. The van der Waals surface area contributed by atoms with E-state index in [9.17, 15) is 87.9 Å². The molecular formula is C73H98N12O19S. The molecule has 105 heavy (non-hydrogen) atoms. The first kappa shape index (κ1) is 85.2. The summed E-state index contributed by atoms with van der Waals surface area (Å²) >= 11 is 5.81. The molecule has 1 aliphatic rings. The fourth-order valence-electron chi connectivity index (χ4n) is 11.8. The Balaban J connectivity index is 1.12. The summed E-state index contributed by atoms with van der Waals surface area (Å²) in [5.41, 5.74) is 3.51. The van der Waals surface area contributed by atoms with Crippen molar-refractivity contribution in [3.8, 4) is 0 Å². The lowest BCUT2D eigenvalue weighted by Crippen LogP contribution is -2.58. The quantitative estimate of drug-likeness (QED) is 0.0172. The average Bonchev–Trinajstić information content (AvgIpc) is 1.68. The third-order valence-electron chi connectivity index (χ3n) is 17.3. The summed E-state index contributed by atoms with van der Waals surface area (Å²) in [7, 11) is 0. The molecule has 32 heteroatoms. The Kier molecular flexibility index (Phi) is 38.2. The number of hydrogen-bond acceptors (Lipinski definition) is 17. The van der Waals surface area contributed by atoms with E-state index in [1.54, 1.807) is 75.4 Å². The Morgan fingerprint density at radius 2 is 0.895 bits per heavy atom. The zero-order valence-corrected chi connectivity index (χ0v) is 59.4. The van der Waals surface area contributed by atoms with Gasteiger partial charge in [0.1, 0.15) is 36.5 Å². The van der Waals surface area contributed by atoms with E-state index >= 15 is 0 Å². The Labute approximate surface area is 614 Å². The number of nitrogens with zero attached hydrogens (tertiary/aromatic N) is 3. The van der Waals surface area contributed by atoms with Crippen LogP contribution in [0.3, 0.4) is 0 Å². The number of aldehydes is 1. The van der Waals surface area contributed by atoms with Crippen molar-refractivity contribution in [3.05, 3.63) is 138 Å². The second-order valence-electron chi connectivity index (χ2n) is 25.7. The van der Waals surface area contributed by atoms with E-state index in [4.69, 9.17) is 17.3 Å². The van der Waals surface area contributed by atoms with Crippen molar-refractivity contribution >= 4 is 101 Å². The van der Waals surface area contributed by atoms with Gasteiger partial charge in [0.2, 0.25) is 29.5 Å². The Morgan fingerprint density at radius 3 is 1.40 bits per heavy atom. The molecule has 1 fully saturated rings. The first-order valence-electron chi connectivity index (χ1n) is 35.1. The van der Waals surface area contributed by atoms with Gasteiger partial charge in [-0.3, -0.25) is 57.9 Å². The summed E-state index contributed by atoms with van der Waals surface area (Å²) in [4.78, 5) is 168. The van der Waals surface area contributed by atoms with E-state index in [0.717, 1.165) is 16.7 Å². The highest BCUT2D eigenvalue weighted by Gasteiger charge is 2.32. The molecule has 0 saturated carbocycles. The van der Waals surface area contributed by atoms with E-state index in [-0.39, 0.29) is 134 Å². The SMILES string of the molecule is O=C[C@H](CCC(=O)O)NC(=O)N[C@@H](CCCCNC(=O)CCCCCCC(=O)NC(CCCCNC(=O)C(Cc1ccccc1)NC(=O)C(Cc1ccccc1)NC(=O)C(Cc1ccccc1)NC(=S)Nc1ccc(CC2CN(CC(=O)O)CCN(CC(=O)O)CCN2CC(=O)O)cc1)C(=O)O)C(=O)O. The number of nitrogens with one attached hydrogen (secondary N) is 9. The zero-order chi connectivity index (χ0) is 76.5. The molecule has 1 aliphatic heterocycles. The fraction of sp³-hybridized carbons (Fsp3) is 0.479. The number of urea groups is 1. The molecule has 0 aromatic heterocycles. The summed E-state index contributed by atoms with van der Waals surface area (Å²) in [5, 5.41) is 82.3. The average molecular weight is 1480 g/mol. The van der Waals surface area contributed by atoms with Crippen LogP contribution < -0.4 is 47.9 Å². The number of benzene rings is 4. The van der Waals surface area contributed by atoms with Crippen LogP contribution in [0.25, 0.3) is 0 Å². The number of aliphatic carboxylic acids is 6. The van der Waals surface area contributed by atoms with Gasteiger partial charge in [-0.1, -0.05) is 116 Å². The lowest BCUT2D eigenvalue weighted by molar-refractivity contribution is -0.142. The molecular weight excluding hydrogens is 1380 g/mol. The van der Waals surface area contributed by atoms with E-state index < -0.39 is 108 Å². The number of carboxylic acids is 6. The van der Waals surface area contributed by atoms with Crippen LogP contribution in [0.15, 0.2) is 115 Å². The molecule has 5 unspecified atom stereocenters. The minimum absolute atomic E-state index is 0.0235. The summed E-state index contributed by atoms with van der Waals surface area (Å²) in [6.07, 6.45) is 4.19. The third kappa shape index (κ3) is 35.1. The molecule has 1 saturated heterocycles. The number of carboxylic acid groups (broad SMARTS) is 6. The summed E-state index contributed by atoms with van der Waals surface area (Å²) in [6.45, 7) is 0.568. The maximum absolute atomic E-state index is 14.7. The molecule has 4 aromatic carbocycles. The lowest BCUT2D eigenvalue weighted by atomic mass is 10.0. The van der Waals surface area contributed by atoms with Gasteiger partial charge in [0, 0.05) is 96.1 Å². The van der Waals surface area contributed by atoms with Crippen LogP contribution in [-0.2, 0) is 83.2 Å². The summed E-state index contributed by atoms with van der Waals surface area (Å²) < 4.78 is 0. The summed E-state index contributed by atoms with van der Waals surface area (Å²) in [5.74, 6) is -9.42. The van der Waals surface area contributed by atoms with Crippen LogP contribution >= 0.6 is 12.2 Å². The van der Waals surface area contributed by atoms with Crippen LogP contribution in [0.2, 0.25) is 0 Å². The minimum Gasteiger partial charge on any atom is -0.481 e. The lowest BCUT2D eigenvalue weighted by Gasteiger charge is -2.33. The highest BCUT2D eigenvalue weighted by molar-refractivity contribution is 7.80. The van der Waals surface area contributed by atoms with Gasteiger partial charge in [-0.05, 0) is 111 Å².